The summed E-state index contributed by atoms with van der Waals surface area (Å²) in [5.74, 6) is 0. The zero-order valence-electron chi connectivity index (χ0n) is 13.9. The highest BCUT2D eigenvalue weighted by Crippen LogP contribution is 2.21. The molecule has 1 aromatic rings. The minimum atomic E-state index is -3.17. The first kappa shape index (κ1) is 17.2. The van der Waals surface area contributed by atoms with Gasteiger partial charge in [0.25, 0.3) is 0 Å². The SMILES string of the molecule is Cc1cc(N)ccc1CN1CCN(S(=O)(=O)C(C)C)[C@@H](C)C1. The van der Waals surface area contributed by atoms with Gasteiger partial charge in [-0.1, -0.05) is 6.07 Å². The van der Waals surface area contributed by atoms with Crippen molar-refractivity contribution in [3.63, 3.8) is 0 Å². The van der Waals surface area contributed by atoms with Crippen molar-refractivity contribution >= 4 is 15.7 Å². The van der Waals surface area contributed by atoms with E-state index in [1.807, 2.05) is 19.1 Å². The molecule has 1 heterocycles. The topological polar surface area (TPSA) is 66.6 Å². The minimum absolute atomic E-state index is 0.00948. The van der Waals surface area contributed by atoms with Crippen molar-refractivity contribution in [1.82, 2.24) is 9.21 Å². The van der Waals surface area contributed by atoms with E-state index in [9.17, 15) is 8.42 Å². The summed E-state index contributed by atoms with van der Waals surface area (Å²) in [4.78, 5) is 2.32. The summed E-state index contributed by atoms with van der Waals surface area (Å²) in [6, 6.07) is 5.98. The van der Waals surface area contributed by atoms with Crippen LogP contribution in [0.1, 0.15) is 31.9 Å². The molecule has 0 spiro atoms. The molecule has 0 bridgehead atoms. The summed E-state index contributed by atoms with van der Waals surface area (Å²) < 4.78 is 26.3. The van der Waals surface area contributed by atoms with Crippen molar-refractivity contribution in [2.24, 2.45) is 0 Å². The number of nitrogens with zero attached hydrogens (tertiary/aromatic N) is 2. The molecule has 0 saturated carbocycles. The smallest absolute Gasteiger partial charge is 0.216 e. The fraction of sp³-hybridized carbons (Fsp3) is 0.625. The average molecular weight is 325 g/mol. The Balaban J connectivity index is 2.04. The molecule has 22 heavy (non-hydrogen) atoms. The Hall–Kier alpha value is -1.11. The predicted octanol–water partition coefficient (Wildman–Crippen LogP) is 1.82. The lowest BCUT2D eigenvalue weighted by molar-refractivity contribution is 0.137. The van der Waals surface area contributed by atoms with Crippen molar-refractivity contribution in [2.45, 2.75) is 45.5 Å². The quantitative estimate of drug-likeness (QED) is 0.858. The van der Waals surface area contributed by atoms with E-state index < -0.39 is 10.0 Å². The van der Waals surface area contributed by atoms with Crippen molar-refractivity contribution in [1.29, 1.82) is 0 Å². The van der Waals surface area contributed by atoms with Gasteiger partial charge in [0.15, 0.2) is 0 Å². The summed E-state index contributed by atoms with van der Waals surface area (Å²) in [6.45, 7) is 10.5. The van der Waals surface area contributed by atoms with E-state index in [1.165, 1.54) is 11.1 Å². The van der Waals surface area contributed by atoms with Crippen LogP contribution in [-0.2, 0) is 16.6 Å². The Labute approximate surface area is 134 Å². The number of anilines is 1. The summed E-state index contributed by atoms with van der Waals surface area (Å²) in [6.07, 6.45) is 0. The third-order valence-corrected chi connectivity index (χ3v) is 6.72. The Morgan fingerprint density at radius 1 is 1.32 bits per heavy atom. The molecule has 0 unspecified atom stereocenters. The van der Waals surface area contributed by atoms with Gasteiger partial charge < -0.3 is 5.73 Å². The average Bonchev–Trinajstić information content (AvgIpc) is 2.41. The van der Waals surface area contributed by atoms with Crippen molar-refractivity contribution in [3.05, 3.63) is 29.3 Å². The van der Waals surface area contributed by atoms with Crippen LogP contribution >= 0.6 is 0 Å². The number of aryl methyl sites for hydroxylation is 1. The van der Waals surface area contributed by atoms with Crippen LogP contribution in [0.5, 0.6) is 0 Å². The van der Waals surface area contributed by atoms with E-state index in [2.05, 4.69) is 17.9 Å². The van der Waals surface area contributed by atoms with Gasteiger partial charge in [-0.15, -0.1) is 0 Å². The van der Waals surface area contributed by atoms with E-state index in [0.717, 1.165) is 25.3 Å². The number of hydrogen-bond acceptors (Lipinski definition) is 4. The van der Waals surface area contributed by atoms with Gasteiger partial charge >= 0.3 is 0 Å². The van der Waals surface area contributed by atoms with Gasteiger partial charge in [0, 0.05) is 37.9 Å². The van der Waals surface area contributed by atoms with Gasteiger partial charge in [-0.05, 0) is 51.0 Å². The Morgan fingerprint density at radius 3 is 2.55 bits per heavy atom. The molecule has 2 N–H and O–H groups in total. The van der Waals surface area contributed by atoms with Gasteiger partial charge in [-0.2, -0.15) is 4.31 Å². The first-order valence-corrected chi connectivity index (χ1v) is 9.30. The number of sulfonamides is 1. The van der Waals surface area contributed by atoms with Crippen LogP contribution in [0.25, 0.3) is 0 Å². The maximum Gasteiger partial charge on any atom is 0.216 e. The Morgan fingerprint density at radius 2 is 2.00 bits per heavy atom. The lowest BCUT2D eigenvalue weighted by Gasteiger charge is -2.39. The molecule has 1 aromatic carbocycles. The summed E-state index contributed by atoms with van der Waals surface area (Å²) in [5.41, 5.74) is 9.01. The van der Waals surface area contributed by atoms with E-state index in [-0.39, 0.29) is 11.3 Å². The fourth-order valence-electron chi connectivity index (χ4n) is 2.95. The summed E-state index contributed by atoms with van der Waals surface area (Å²) >= 11 is 0. The number of nitrogens with two attached hydrogens (primary N) is 1. The van der Waals surface area contributed by atoms with Crippen molar-refractivity contribution < 1.29 is 8.42 Å². The van der Waals surface area contributed by atoms with Crippen LogP contribution in [0.2, 0.25) is 0 Å². The van der Waals surface area contributed by atoms with Gasteiger partial charge in [-0.3, -0.25) is 4.90 Å². The van der Waals surface area contributed by atoms with E-state index in [0.29, 0.717) is 6.54 Å². The highest BCUT2D eigenvalue weighted by Gasteiger charge is 2.34. The predicted molar refractivity (Wildman–Crippen MR) is 91.1 cm³/mol. The molecule has 0 aliphatic carbocycles. The fourth-order valence-corrected chi connectivity index (χ4v) is 4.39. The lowest BCUT2D eigenvalue weighted by atomic mass is 10.1. The molecule has 0 amide bonds. The van der Waals surface area contributed by atoms with Crippen LogP contribution in [0, 0.1) is 6.92 Å². The first-order valence-electron chi connectivity index (χ1n) is 7.80. The molecule has 1 aliphatic rings. The lowest BCUT2D eigenvalue weighted by Crippen LogP contribution is -2.55. The second kappa shape index (κ2) is 6.56. The molecule has 124 valence electrons. The van der Waals surface area contributed by atoms with Crippen LogP contribution in [-0.4, -0.2) is 48.5 Å². The summed E-state index contributed by atoms with van der Waals surface area (Å²) in [5, 5.41) is -0.360. The summed E-state index contributed by atoms with van der Waals surface area (Å²) in [7, 11) is -3.17. The third-order valence-electron chi connectivity index (χ3n) is 4.33. The molecule has 1 saturated heterocycles. The maximum absolute atomic E-state index is 12.3. The molecule has 1 fully saturated rings. The Kier molecular flexibility index (Phi) is 5.14. The largest absolute Gasteiger partial charge is 0.399 e. The zero-order valence-corrected chi connectivity index (χ0v) is 14.7. The minimum Gasteiger partial charge on any atom is -0.399 e. The van der Waals surface area contributed by atoms with Gasteiger partial charge in [-0.25, -0.2) is 8.42 Å². The number of benzene rings is 1. The van der Waals surface area contributed by atoms with Crippen molar-refractivity contribution in [3.8, 4) is 0 Å². The van der Waals surface area contributed by atoms with Crippen LogP contribution < -0.4 is 5.73 Å². The normalized spacial score (nSPS) is 21.4. The molecular formula is C16H27N3O2S. The second-order valence-electron chi connectivity index (χ2n) is 6.47. The molecule has 1 aliphatic heterocycles. The first-order chi connectivity index (χ1) is 10.2. The molecule has 5 nitrogen and oxygen atoms in total. The van der Waals surface area contributed by atoms with Crippen molar-refractivity contribution in [2.75, 3.05) is 25.4 Å². The highest BCUT2D eigenvalue weighted by atomic mass is 32.2. The van der Waals surface area contributed by atoms with Crippen LogP contribution in [0.4, 0.5) is 5.69 Å². The molecule has 6 heteroatoms. The zero-order chi connectivity index (χ0) is 16.5. The molecule has 1 atom stereocenters. The monoisotopic (exact) mass is 325 g/mol. The number of rotatable bonds is 4. The van der Waals surface area contributed by atoms with E-state index in [1.54, 1.807) is 18.2 Å². The molecular weight excluding hydrogens is 298 g/mol. The number of nitrogen functional groups attached to an aromatic ring is 1. The van der Waals surface area contributed by atoms with E-state index in [4.69, 9.17) is 5.73 Å². The molecule has 2 rings (SSSR count). The number of piperazine rings is 1. The highest BCUT2D eigenvalue weighted by molar-refractivity contribution is 7.89. The van der Waals surface area contributed by atoms with E-state index >= 15 is 0 Å². The Bertz CT molecular complexity index is 628. The molecule has 0 radical (unpaired) electrons. The van der Waals surface area contributed by atoms with Gasteiger partial charge in [0.1, 0.15) is 0 Å². The van der Waals surface area contributed by atoms with Crippen LogP contribution in [0.3, 0.4) is 0 Å². The second-order valence-corrected chi connectivity index (χ2v) is 8.92. The van der Waals surface area contributed by atoms with Gasteiger partial charge in [0.05, 0.1) is 5.25 Å². The van der Waals surface area contributed by atoms with Crippen LogP contribution in [0.15, 0.2) is 18.2 Å². The third kappa shape index (κ3) is 3.62. The maximum atomic E-state index is 12.3. The number of hydrogen-bond donors (Lipinski definition) is 1. The van der Waals surface area contributed by atoms with Gasteiger partial charge in [0.2, 0.25) is 10.0 Å². The standard InChI is InChI=1S/C16H27N3O2S/c1-12(2)22(20,21)19-8-7-18(10-14(19)4)11-15-5-6-16(17)9-13(15)3/h5-6,9,12,14H,7-8,10-11,17H2,1-4H3/t14-/m0/s1. The molecule has 0 aromatic heterocycles.